The third-order valence-corrected chi connectivity index (χ3v) is 4.49. The van der Waals surface area contributed by atoms with E-state index in [0.29, 0.717) is 12.8 Å². The SMILES string of the molecule is CCc1ccc(CCC2NC(=O)N(C(C(=O)NO)C(C)C)C2=O)cc1. The van der Waals surface area contributed by atoms with Crippen LogP contribution in [-0.2, 0) is 22.4 Å². The van der Waals surface area contributed by atoms with Gasteiger partial charge in [-0.3, -0.25) is 14.8 Å². The van der Waals surface area contributed by atoms with E-state index in [0.717, 1.165) is 16.9 Å². The number of carbonyl (C=O) groups excluding carboxylic acids is 3. The van der Waals surface area contributed by atoms with Crippen LogP contribution in [0.3, 0.4) is 0 Å². The predicted molar refractivity (Wildman–Crippen MR) is 91.9 cm³/mol. The molecule has 2 atom stereocenters. The van der Waals surface area contributed by atoms with Crippen molar-refractivity contribution in [3.05, 3.63) is 35.4 Å². The number of carbonyl (C=O) groups is 3. The Hall–Kier alpha value is -2.41. The monoisotopic (exact) mass is 347 g/mol. The van der Waals surface area contributed by atoms with Crippen LogP contribution < -0.4 is 10.8 Å². The zero-order valence-electron chi connectivity index (χ0n) is 14.8. The van der Waals surface area contributed by atoms with E-state index in [2.05, 4.69) is 24.4 Å². The maximum absolute atomic E-state index is 12.6. The molecule has 1 aliphatic heterocycles. The van der Waals surface area contributed by atoms with Gasteiger partial charge in [-0.05, 0) is 36.3 Å². The van der Waals surface area contributed by atoms with Crippen molar-refractivity contribution in [2.75, 3.05) is 0 Å². The van der Waals surface area contributed by atoms with Crippen molar-refractivity contribution in [1.29, 1.82) is 0 Å². The summed E-state index contributed by atoms with van der Waals surface area (Å²) in [5.74, 6) is -1.52. The number of hydrogen-bond donors (Lipinski definition) is 3. The van der Waals surface area contributed by atoms with Gasteiger partial charge in [0.2, 0.25) is 0 Å². The lowest BCUT2D eigenvalue weighted by Crippen LogP contribution is -2.52. The van der Waals surface area contributed by atoms with Crippen molar-refractivity contribution in [2.45, 2.75) is 52.1 Å². The molecule has 0 bridgehead atoms. The van der Waals surface area contributed by atoms with Crippen LogP contribution in [-0.4, -0.2) is 40.0 Å². The number of nitrogens with zero attached hydrogens (tertiary/aromatic N) is 1. The summed E-state index contributed by atoms with van der Waals surface area (Å²) in [6.07, 6.45) is 2.07. The van der Waals surface area contributed by atoms with Crippen LogP contribution in [0.2, 0.25) is 0 Å². The molecular formula is C18H25N3O4. The Morgan fingerprint density at radius 3 is 2.36 bits per heavy atom. The van der Waals surface area contributed by atoms with Gasteiger partial charge in [0, 0.05) is 0 Å². The molecule has 1 aromatic rings. The van der Waals surface area contributed by atoms with Crippen LogP contribution in [0.1, 0.15) is 38.3 Å². The van der Waals surface area contributed by atoms with Crippen LogP contribution >= 0.6 is 0 Å². The highest BCUT2D eigenvalue weighted by Gasteiger charge is 2.45. The average Bonchev–Trinajstić information content (AvgIpc) is 2.88. The van der Waals surface area contributed by atoms with Crippen LogP contribution in [0.15, 0.2) is 24.3 Å². The first-order valence-electron chi connectivity index (χ1n) is 8.54. The molecule has 1 aromatic carbocycles. The first-order chi connectivity index (χ1) is 11.9. The highest BCUT2D eigenvalue weighted by Crippen LogP contribution is 2.20. The minimum absolute atomic E-state index is 0.317. The molecule has 25 heavy (non-hydrogen) atoms. The zero-order chi connectivity index (χ0) is 18.6. The summed E-state index contributed by atoms with van der Waals surface area (Å²) >= 11 is 0. The zero-order valence-corrected chi connectivity index (χ0v) is 14.8. The average molecular weight is 347 g/mol. The molecule has 7 heteroatoms. The third kappa shape index (κ3) is 4.17. The van der Waals surface area contributed by atoms with Crippen molar-refractivity contribution in [1.82, 2.24) is 15.7 Å². The second-order valence-electron chi connectivity index (χ2n) is 6.58. The Balaban J connectivity index is 2.05. The van der Waals surface area contributed by atoms with Gasteiger partial charge in [-0.25, -0.2) is 15.2 Å². The van der Waals surface area contributed by atoms with Gasteiger partial charge in [-0.1, -0.05) is 45.0 Å². The Morgan fingerprint density at radius 1 is 1.24 bits per heavy atom. The standard InChI is InChI=1S/C18H25N3O4/c1-4-12-5-7-13(8-6-12)9-10-14-17(23)21(18(24)19-14)15(11(2)3)16(22)20-25/h5-8,11,14-15,25H,4,9-10H2,1-3H3,(H,19,24)(H,20,22). The van der Waals surface area contributed by atoms with Gasteiger partial charge < -0.3 is 5.32 Å². The molecule has 1 fully saturated rings. The van der Waals surface area contributed by atoms with Gasteiger partial charge in [0.25, 0.3) is 11.8 Å². The molecular weight excluding hydrogens is 322 g/mol. The highest BCUT2D eigenvalue weighted by molar-refractivity contribution is 6.07. The van der Waals surface area contributed by atoms with Crippen molar-refractivity contribution in [2.24, 2.45) is 5.92 Å². The van der Waals surface area contributed by atoms with E-state index in [1.54, 1.807) is 13.8 Å². The van der Waals surface area contributed by atoms with E-state index in [9.17, 15) is 14.4 Å². The molecule has 1 heterocycles. The fourth-order valence-corrected chi connectivity index (χ4v) is 3.04. The normalized spacial score (nSPS) is 18.4. The molecule has 1 aliphatic rings. The van der Waals surface area contributed by atoms with Gasteiger partial charge in [0.05, 0.1) is 0 Å². The molecule has 0 aliphatic carbocycles. The highest BCUT2D eigenvalue weighted by atomic mass is 16.5. The number of aryl methyl sites for hydroxylation is 2. The number of rotatable bonds is 7. The van der Waals surface area contributed by atoms with Crippen LogP contribution in [0, 0.1) is 5.92 Å². The van der Waals surface area contributed by atoms with Crippen molar-refractivity contribution in [3.8, 4) is 0 Å². The lowest BCUT2D eigenvalue weighted by Gasteiger charge is -2.26. The smallest absolute Gasteiger partial charge is 0.325 e. The quantitative estimate of drug-likeness (QED) is 0.397. The fourth-order valence-electron chi connectivity index (χ4n) is 3.04. The molecule has 136 valence electrons. The van der Waals surface area contributed by atoms with Crippen LogP contribution in [0.4, 0.5) is 4.79 Å². The second-order valence-corrected chi connectivity index (χ2v) is 6.58. The third-order valence-electron chi connectivity index (χ3n) is 4.49. The van der Waals surface area contributed by atoms with Gasteiger partial charge in [0.1, 0.15) is 12.1 Å². The van der Waals surface area contributed by atoms with Crippen molar-refractivity contribution >= 4 is 17.8 Å². The number of hydrogen-bond acceptors (Lipinski definition) is 4. The van der Waals surface area contributed by atoms with Crippen LogP contribution in [0.5, 0.6) is 0 Å². The Kier molecular flexibility index (Phi) is 6.14. The number of amides is 4. The summed E-state index contributed by atoms with van der Waals surface area (Å²) in [4.78, 5) is 37.5. The van der Waals surface area contributed by atoms with Crippen molar-refractivity contribution < 1.29 is 19.6 Å². The minimum atomic E-state index is -1.04. The summed E-state index contributed by atoms with van der Waals surface area (Å²) in [6.45, 7) is 5.51. The Bertz CT molecular complexity index is 642. The molecule has 0 saturated carbocycles. The van der Waals surface area contributed by atoms with E-state index >= 15 is 0 Å². The van der Waals surface area contributed by atoms with Gasteiger partial charge in [-0.15, -0.1) is 0 Å². The fraction of sp³-hybridized carbons (Fsp3) is 0.500. The van der Waals surface area contributed by atoms with E-state index < -0.39 is 29.9 Å². The van der Waals surface area contributed by atoms with E-state index in [4.69, 9.17) is 5.21 Å². The molecule has 7 nitrogen and oxygen atoms in total. The number of nitrogens with one attached hydrogen (secondary N) is 2. The van der Waals surface area contributed by atoms with Gasteiger partial charge in [0.15, 0.2) is 0 Å². The lowest BCUT2D eigenvalue weighted by atomic mass is 10.0. The first kappa shape index (κ1) is 18.9. The Labute approximate surface area is 147 Å². The molecule has 1 saturated heterocycles. The van der Waals surface area contributed by atoms with Crippen LogP contribution in [0.25, 0.3) is 0 Å². The number of benzene rings is 1. The number of imide groups is 1. The topological polar surface area (TPSA) is 98.7 Å². The largest absolute Gasteiger partial charge is 0.326 e. The van der Waals surface area contributed by atoms with Gasteiger partial charge >= 0.3 is 6.03 Å². The molecule has 0 aromatic heterocycles. The lowest BCUT2D eigenvalue weighted by molar-refractivity contribution is -0.142. The number of urea groups is 1. The first-order valence-corrected chi connectivity index (χ1v) is 8.54. The summed E-state index contributed by atoms with van der Waals surface area (Å²) in [5, 5.41) is 11.5. The molecule has 2 rings (SSSR count). The summed E-state index contributed by atoms with van der Waals surface area (Å²) < 4.78 is 0. The minimum Gasteiger partial charge on any atom is -0.326 e. The summed E-state index contributed by atoms with van der Waals surface area (Å²) in [5.41, 5.74) is 3.87. The van der Waals surface area contributed by atoms with E-state index in [1.165, 1.54) is 11.0 Å². The second kappa shape index (κ2) is 8.11. The molecule has 3 N–H and O–H groups in total. The van der Waals surface area contributed by atoms with Crippen molar-refractivity contribution in [3.63, 3.8) is 0 Å². The van der Waals surface area contributed by atoms with Gasteiger partial charge in [-0.2, -0.15) is 0 Å². The summed E-state index contributed by atoms with van der Waals surface area (Å²) in [6, 6.07) is 5.85. The van der Waals surface area contributed by atoms with E-state index in [-0.39, 0.29) is 5.92 Å². The molecule has 0 spiro atoms. The molecule has 2 unspecified atom stereocenters. The molecule has 4 amide bonds. The maximum Gasteiger partial charge on any atom is 0.325 e. The van der Waals surface area contributed by atoms with E-state index in [1.807, 2.05) is 12.1 Å². The molecule has 0 radical (unpaired) electrons. The summed E-state index contributed by atoms with van der Waals surface area (Å²) in [7, 11) is 0. The number of hydroxylamine groups is 1. The Morgan fingerprint density at radius 2 is 1.84 bits per heavy atom. The predicted octanol–water partition coefficient (Wildman–Crippen LogP) is 1.63. The maximum atomic E-state index is 12.6.